The molecule has 0 saturated heterocycles. The second-order valence-corrected chi connectivity index (χ2v) is 5.85. The molecule has 0 aromatic heterocycles. The lowest BCUT2D eigenvalue weighted by Crippen LogP contribution is -2.22. The minimum atomic E-state index is -1.05. The zero-order chi connectivity index (χ0) is 15.0. The predicted octanol–water partition coefficient (Wildman–Crippen LogP) is 3.13. The van der Waals surface area contributed by atoms with Gasteiger partial charge in [-0.1, -0.05) is 54.6 Å². The van der Waals surface area contributed by atoms with Crippen molar-refractivity contribution in [2.75, 3.05) is 0 Å². The summed E-state index contributed by atoms with van der Waals surface area (Å²) in [4.78, 5) is 10.9. The average Bonchev–Trinajstić information content (AvgIpc) is 3.29. The number of benzene rings is 2. The van der Waals surface area contributed by atoms with Crippen LogP contribution in [0.5, 0.6) is 0 Å². The van der Waals surface area contributed by atoms with Gasteiger partial charge in [0.25, 0.3) is 0 Å². The van der Waals surface area contributed by atoms with Gasteiger partial charge in [0.05, 0.1) is 5.92 Å². The second kappa shape index (κ2) is 5.01. The zero-order valence-electron chi connectivity index (χ0n) is 11.9. The largest absolute Gasteiger partial charge is 0.481 e. The van der Waals surface area contributed by atoms with Crippen molar-refractivity contribution in [2.45, 2.75) is 24.9 Å². The highest BCUT2D eigenvalue weighted by Gasteiger charge is 2.44. The Hall–Kier alpha value is -2.13. The molecule has 0 aliphatic heterocycles. The normalized spacial score (nSPS) is 23.3. The summed E-state index contributed by atoms with van der Waals surface area (Å²) in [6.07, 6.45) is 0.712. The number of aliphatic carboxylic acids is 1. The standard InChI is InChI=1S/C18H18O3/c1-18(21,13-5-3-2-4-6-13)14-9-7-12(8-10-14)15-11-16(15)17(19)20/h2-10,15-16,21H,11H2,1H3,(H,19,20)/t15-,16-,18+/m1/s1. The first-order valence-corrected chi connectivity index (χ1v) is 7.11. The van der Waals surface area contributed by atoms with E-state index < -0.39 is 11.6 Å². The summed E-state index contributed by atoms with van der Waals surface area (Å²) >= 11 is 0. The topological polar surface area (TPSA) is 57.5 Å². The van der Waals surface area contributed by atoms with Crippen LogP contribution in [0.2, 0.25) is 0 Å². The van der Waals surface area contributed by atoms with Gasteiger partial charge in [0.2, 0.25) is 0 Å². The molecule has 1 fully saturated rings. The highest BCUT2D eigenvalue weighted by molar-refractivity contribution is 5.75. The van der Waals surface area contributed by atoms with Crippen LogP contribution in [0.3, 0.4) is 0 Å². The monoisotopic (exact) mass is 282 g/mol. The van der Waals surface area contributed by atoms with Crippen molar-refractivity contribution in [3.63, 3.8) is 0 Å². The minimum Gasteiger partial charge on any atom is -0.481 e. The Morgan fingerprint density at radius 3 is 2.14 bits per heavy atom. The number of hydrogen-bond acceptors (Lipinski definition) is 2. The van der Waals surface area contributed by atoms with Crippen LogP contribution in [0.4, 0.5) is 0 Å². The Labute approximate surface area is 123 Å². The van der Waals surface area contributed by atoms with Gasteiger partial charge < -0.3 is 10.2 Å². The molecule has 1 aliphatic rings. The van der Waals surface area contributed by atoms with E-state index in [1.54, 1.807) is 6.92 Å². The molecule has 3 heteroatoms. The maximum Gasteiger partial charge on any atom is 0.307 e. The fourth-order valence-corrected chi connectivity index (χ4v) is 2.82. The number of carboxylic acid groups (broad SMARTS) is 1. The van der Waals surface area contributed by atoms with Crippen molar-refractivity contribution in [3.8, 4) is 0 Å². The number of rotatable bonds is 4. The molecule has 0 unspecified atom stereocenters. The Morgan fingerprint density at radius 1 is 1.05 bits per heavy atom. The second-order valence-electron chi connectivity index (χ2n) is 5.85. The molecule has 3 nitrogen and oxygen atoms in total. The van der Waals surface area contributed by atoms with Crippen molar-refractivity contribution in [3.05, 3.63) is 71.3 Å². The van der Waals surface area contributed by atoms with E-state index in [0.717, 1.165) is 16.7 Å². The summed E-state index contributed by atoms with van der Waals surface area (Å²) in [7, 11) is 0. The molecule has 108 valence electrons. The van der Waals surface area contributed by atoms with Crippen LogP contribution < -0.4 is 0 Å². The lowest BCUT2D eigenvalue weighted by atomic mass is 9.87. The van der Waals surface area contributed by atoms with Gasteiger partial charge in [0.15, 0.2) is 0 Å². The van der Waals surface area contributed by atoms with E-state index in [2.05, 4.69) is 0 Å². The maximum absolute atomic E-state index is 10.9. The smallest absolute Gasteiger partial charge is 0.307 e. The molecule has 0 bridgehead atoms. The minimum absolute atomic E-state index is 0.123. The van der Waals surface area contributed by atoms with Gasteiger partial charge in [-0.2, -0.15) is 0 Å². The Bertz CT molecular complexity index is 644. The number of carbonyl (C=O) groups is 1. The van der Waals surface area contributed by atoms with Gasteiger partial charge in [-0.05, 0) is 36.0 Å². The molecule has 0 amide bonds. The van der Waals surface area contributed by atoms with E-state index in [9.17, 15) is 9.90 Å². The Balaban J connectivity index is 1.83. The Morgan fingerprint density at radius 2 is 1.62 bits per heavy atom. The van der Waals surface area contributed by atoms with E-state index >= 15 is 0 Å². The van der Waals surface area contributed by atoms with Crippen molar-refractivity contribution in [1.82, 2.24) is 0 Å². The third-order valence-corrected chi connectivity index (χ3v) is 4.34. The molecule has 2 N–H and O–H groups in total. The molecule has 21 heavy (non-hydrogen) atoms. The van der Waals surface area contributed by atoms with Gasteiger partial charge >= 0.3 is 5.97 Å². The lowest BCUT2D eigenvalue weighted by Gasteiger charge is -2.24. The quantitative estimate of drug-likeness (QED) is 0.905. The van der Waals surface area contributed by atoms with Crippen molar-refractivity contribution in [2.24, 2.45) is 5.92 Å². The third-order valence-electron chi connectivity index (χ3n) is 4.34. The number of carboxylic acids is 1. The van der Waals surface area contributed by atoms with Crippen LogP contribution in [0.1, 0.15) is 36.0 Å². The Kier molecular flexibility index (Phi) is 3.30. The highest BCUT2D eigenvalue weighted by Crippen LogP contribution is 2.47. The first kappa shape index (κ1) is 13.8. The van der Waals surface area contributed by atoms with Crippen LogP contribution in [-0.2, 0) is 10.4 Å². The highest BCUT2D eigenvalue weighted by atomic mass is 16.4. The molecule has 2 aromatic rings. The first-order valence-electron chi connectivity index (χ1n) is 7.11. The lowest BCUT2D eigenvalue weighted by molar-refractivity contribution is -0.138. The van der Waals surface area contributed by atoms with Crippen LogP contribution in [0.25, 0.3) is 0 Å². The van der Waals surface area contributed by atoms with Crippen LogP contribution >= 0.6 is 0 Å². The van der Waals surface area contributed by atoms with E-state index in [4.69, 9.17) is 5.11 Å². The SMILES string of the molecule is C[C@](O)(c1ccccc1)c1ccc([C@H]2C[C@H]2C(=O)O)cc1. The number of hydrogen-bond donors (Lipinski definition) is 2. The zero-order valence-corrected chi connectivity index (χ0v) is 11.9. The van der Waals surface area contributed by atoms with Crippen LogP contribution in [-0.4, -0.2) is 16.2 Å². The predicted molar refractivity (Wildman–Crippen MR) is 80.0 cm³/mol. The molecule has 3 rings (SSSR count). The summed E-state index contributed by atoms with van der Waals surface area (Å²) in [6, 6.07) is 17.2. The summed E-state index contributed by atoms with van der Waals surface area (Å²) in [5.41, 5.74) is 1.64. The van der Waals surface area contributed by atoms with E-state index in [-0.39, 0.29) is 11.8 Å². The van der Waals surface area contributed by atoms with Gasteiger partial charge in [0, 0.05) is 0 Å². The molecule has 0 heterocycles. The van der Waals surface area contributed by atoms with E-state index in [0.29, 0.717) is 6.42 Å². The summed E-state index contributed by atoms with van der Waals surface area (Å²) in [5, 5.41) is 19.7. The summed E-state index contributed by atoms with van der Waals surface area (Å²) in [5.74, 6) is -0.843. The van der Waals surface area contributed by atoms with Crippen LogP contribution in [0, 0.1) is 5.92 Å². The van der Waals surface area contributed by atoms with Crippen molar-refractivity contribution < 1.29 is 15.0 Å². The van der Waals surface area contributed by atoms with E-state index in [1.165, 1.54) is 0 Å². The molecule has 1 aliphatic carbocycles. The fourth-order valence-electron chi connectivity index (χ4n) is 2.82. The van der Waals surface area contributed by atoms with Crippen molar-refractivity contribution in [1.29, 1.82) is 0 Å². The van der Waals surface area contributed by atoms with Crippen LogP contribution in [0.15, 0.2) is 54.6 Å². The van der Waals surface area contributed by atoms with Gasteiger partial charge in [-0.25, -0.2) is 0 Å². The molecular weight excluding hydrogens is 264 g/mol. The summed E-state index contributed by atoms with van der Waals surface area (Å²) in [6.45, 7) is 1.77. The molecule has 2 aromatic carbocycles. The maximum atomic E-state index is 10.9. The third kappa shape index (κ3) is 2.57. The molecule has 3 atom stereocenters. The molecule has 0 radical (unpaired) electrons. The van der Waals surface area contributed by atoms with Gasteiger partial charge in [-0.3, -0.25) is 4.79 Å². The first-order chi connectivity index (χ1) is 10.00. The van der Waals surface area contributed by atoms with E-state index in [1.807, 2.05) is 54.6 Å². The fraction of sp³-hybridized carbons (Fsp3) is 0.278. The number of aliphatic hydroxyl groups is 1. The van der Waals surface area contributed by atoms with Crippen molar-refractivity contribution >= 4 is 5.97 Å². The summed E-state index contributed by atoms with van der Waals surface area (Å²) < 4.78 is 0. The van der Waals surface area contributed by atoms with Gasteiger partial charge in [0.1, 0.15) is 5.60 Å². The molecule has 1 saturated carbocycles. The van der Waals surface area contributed by atoms with Gasteiger partial charge in [-0.15, -0.1) is 0 Å². The molecule has 0 spiro atoms. The molecular formula is C18H18O3. The average molecular weight is 282 g/mol.